The van der Waals surface area contributed by atoms with Crippen molar-refractivity contribution < 1.29 is 13.2 Å². The number of piperidine rings is 1. The second kappa shape index (κ2) is 7.77. The fraction of sp³-hybridized carbons (Fsp3) is 0.706. The summed E-state index contributed by atoms with van der Waals surface area (Å²) >= 11 is 0. The summed E-state index contributed by atoms with van der Waals surface area (Å²) in [5.74, 6) is 3.09. The highest BCUT2D eigenvalue weighted by atomic mass is 19.4. The molecule has 26 heavy (non-hydrogen) atoms. The van der Waals surface area contributed by atoms with E-state index in [1.54, 1.807) is 6.20 Å². The second-order valence-electron chi connectivity index (χ2n) is 6.97. The Morgan fingerprint density at radius 1 is 1.19 bits per heavy atom. The number of hydrogen-bond acceptors (Lipinski definition) is 4. The summed E-state index contributed by atoms with van der Waals surface area (Å²) in [6.45, 7) is 4.71. The van der Waals surface area contributed by atoms with E-state index in [0.29, 0.717) is 19.0 Å². The van der Waals surface area contributed by atoms with Gasteiger partial charge in [-0.3, -0.25) is 0 Å². The average Bonchev–Trinajstić information content (AvgIpc) is 3.14. The maximum atomic E-state index is 12.3. The number of imidazole rings is 1. The van der Waals surface area contributed by atoms with Crippen LogP contribution >= 0.6 is 0 Å². The zero-order valence-corrected chi connectivity index (χ0v) is 15.2. The lowest BCUT2D eigenvalue weighted by Crippen LogP contribution is -2.34. The maximum Gasteiger partial charge on any atom is 0.389 e. The van der Waals surface area contributed by atoms with Crippen molar-refractivity contribution in [1.82, 2.24) is 29.2 Å². The molecule has 3 heterocycles. The van der Waals surface area contributed by atoms with Crippen LogP contribution in [-0.4, -0.2) is 55.0 Å². The summed E-state index contributed by atoms with van der Waals surface area (Å²) in [5, 5.41) is 8.71. The van der Waals surface area contributed by atoms with Crippen LogP contribution in [-0.2, 0) is 13.6 Å². The number of halogens is 3. The van der Waals surface area contributed by atoms with Gasteiger partial charge in [0.25, 0.3) is 0 Å². The number of hydrogen-bond donors (Lipinski definition) is 0. The van der Waals surface area contributed by atoms with Gasteiger partial charge in [0.2, 0.25) is 0 Å². The van der Waals surface area contributed by atoms with Crippen molar-refractivity contribution in [2.24, 2.45) is 7.05 Å². The Morgan fingerprint density at radius 2 is 1.92 bits per heavy atom. The summed E-state index contributed by atoms with van der Waals surface area (Å²) in [4.78, 5) is 6.34. The van der Waals surface area contributed by atoms with Crippen LogP contribution in [0.5, 0.6) is 0 Å². The number of likely N-dealkylation sites (tertiary alicyclic amines) is 1. The van der Waals surface area contributed by atoms with Gasteiger partial charge in [0.15, 0.2) is 5.82 Å². The first kappa shape index (κ1) is 18.9. The van der Waals surface area contributed by atoms with Gasteiger partial charge < -0.3 is 14.0 Å². The summed E-state index contributed by atoms with van der Waals surface area (Å²) in [6, 6.07) is 0. The van der Waals surface area contributed by atoms with E-state index in [4.69, 9.17) is 0 Å². The number of aromatic nitrogens is 5. The van der Waals surface area contributed by atoms with Gasteiger partial charge in [-0.2, -0.15) is 13.2 Å². The smallest absolute Gasteiger partial charge is 0.328 e. The zero-order chi connectivity index (χ0) is 18.7. The Labute approximate surface area is 151 Å². The van der Waals surface area contributed by atoms with Crippen molar-refractivity contribution in [3.63, 3.8) is 0 Å². The van der Waals surface area contributed by atoms with Crippen molar-refractivity contribution in [2.75, 3.05) is 19.6 Å². The molecular weight excluding hydrogens is 345 g/mol. The van der Waals surface area contributed by atoms with Gasteiger partial charge in [-0.1, -0.05) is 0 Å². The molecule has 1 aliphatic heterocycles. The van der Waals surface area contributed by atoms with E-state index < -0.39 is 12.6 Å². The largest absolute Gasteiger partial charge is 0.389 e. The predicted molar refractivity (Wildman–Crippen MR) is 90.8 cm³/mol. The van der Waals surface area contributed by atoms with Crippen LogP contribution < -0.4 is 0 Å². The van der Waals surface area contributed by atoms with Crippen LogP contribution in [0.25, 0.3) is 0 Å². The Kier molecular flexibility index (Phi) is 5.64. The Hall–Kier alpha value is -1.90. The van der Waals surface area contributed by atoms with Crippen LogP contribution in [0.1, 0.15) is 49.1 Å². The SMILES string of the molecule is Cc1nccn1Cc1nnc(C2CCN(CCCC(F)(F)F)CC2)n1C. The fourth-order valence-electron chi connectivity index (χ4n) is 3.51. The summed E-state index contributed by atoms with van der Waals surface area (Å²) in [5.41, 5.74) is 0. The van der Waals surface area contributed by atoms with Gasteiger partial charge in [0, 0.05) is 31.8 Å². The molecule has 0 N–H and O–H groups in total. The van der Waals surface area contributed by atoms with E-state index in [2.05, 4.69) is 20.1 Å². The Balaban J connectivity index is 1.53. The van der Waals surface area contributed by atoms with Crippen molar-refractivity contribution in [3.05, 3.63) is 29.9 Å². The van der Waals surface area contributed by atoms with E-state index in [1.807, 2.05) is 29.3 Å². The molecule has 0 bridgehead atoms. The van der Waals surface area contributed by atoms with Crippen molar-refractivity contribution in [1.29, 1.82) is 0 Å². The minimum absolute atomic E-state index is 0.173. The quantitative estimate of drug-likeness (QED) is 0.785. The topological polar surface area (TPSA) is 51.8 Å². The molecule has 0 aliphatic carbocycles. The Bertz CT molecular complexity index is 712. The van der Waals surface area contributed by atoms with E-state index in [1.165, 1.54) is 0 Å². The van der Waals surface area contributed by atoms with Crippen LogP contribution in [0.15, 0.2) is 12.4 Å². The molecule has 0 spiro atoms. The second-order valence-corrected chi connectivity index (χ2v) is 6.97. The molecule has 0 unspecified atom stereocenters. The zero-order valence-electron chi connectivity index (χ0n) is 15.2. The first-order valence-corrected chi connectivity index (χ1v) is 8.98. The first-order valence-electron chi connectivity index (χ1n) is 8.98. The van der Waals surface area contributed by atoms with Crippen molar-refractivity contribution in [2.45, 2.75) is 51.2 Å². The molecule has 0 aromatic carbocycles. The molecule has 0 saturated carbocycles. The van der Waals surface area contributed by atoms with Gasteiger partial charge in [-0.15, -0.1) is 10.2 Å². The lowest BCUT2D eigenvalue weighted by Gasteiger charge is -2.31. The summed E-state index contributed by atoms with van der Waals surface area (Å²) < 4.78 is 40.8. The number of nitrogens with zero attached hydrogens (tertiary/aromatic N) is 6. The standard InChI is InChI=1S/C17H25F3N6/c1-13-21-7-11-26(13)12-15-22-23-16(24(15)2)14-4-9-25(10-5-14)8-3-6-17(18,19)20/h7,11,14H,3-6,8-10,12H2,1-2H3. The molecule has 2 aromatic heterocycles. The molecule has 1 fully saturated rings. The molecule has 6 nitrogen and oxygen atoms in total. The first-order chi connectivity index (χ1) is 12.3. The summed E-state index contributed by atoms with van der Waals surface area (Å²) in [6.07, 6.45) is 0.912. The fourth-order valence-corrected chi connectivity index (χ4v) is 3.51. The van der Waals surface area contributed by atoms with E-state index in [-0.39, 0.29) is 6.42 Å². The Morgan fingerprint density at radius 3 is 2.54 bits per heavy atom. The van der Waals surface area contributed by atoms with Gasteiger partial charge in [-0.25, -0.2) is 4.98 Å². The highest BCUT2D eigenvalue weighted by Crippen LogP contribution is 2.28. The van der Waals surface area contributed by atoms with Crippen LogP contribution in [0.3, 0.4) is 0 Å². The molecule has 3 rings (SSSR count). The van der Waals surface area contributed by atoms with Crippen molar-refractivity contribution >= 4 is 0 Å². The monoisotopic (exact) mass is 370 g/mol. The number of rotatable bonds is 6. The average molecular weight is 370 g/mol. The van der Waals surface area contributed by atoms with Crippen LogP contribution in [0.4, 0.5) is 13.2 Å². The van der Waals surface area contributed by atoms with E-state index in [9.17, 15) is 13.2 Å². The van der Waals surface area contributed by atoms with Gasteiger partial charge in [-0.05, 0) is 45.8 Å². The highest BCUT2D eigenvalue weighted by molar-refractivity contribution is 5.05. The molecule has 2 aromatic rings. The third-order valence-corrected chi connectivity index (χ3v) is 5.12. The number of alkyl halides is 3. The van der Waals surface area contributed by atoms with Gasteiger partial charge >= 0.3 is 6.18 Å². The highest BCUT2D eigenvalue weighted by Gasteiger charge is 2.28. The van der Waals surface area contributed by atoms with Crippen LogP contribution in [0, 0.1) is 6.92 Å². The van der Waals surface area contributed by atoms with E-state index >= 15 is 0 Å². The van der Waals surface area contributed by atoms with Gasteiger partial charge in [0.1, 0.15) is 11.6 Å². The lowest BCUT2D eigenvalue weighted by atomic mass is 9.95. The molecule has 1 saturated heterocycles. The molecule has 144 valence electrons. The maximum absolute atomic E-state index is 12.3. The van der Waals surface area contributed by atoms with E-state index in [0.717, 1.165) is 43.4 Å². The predicted octanol–water partition coefficient (Wildman–Crippen LogP) is 2.89. The molecule has 0 radical (unpaired) electrons. The number of aryl methyl sites for hydroxylation is 1. The lowest BCUT2D eigenvalue weighted by molar-refractivity contribution is -0.136. The molecule has 9 heteroatoms. The van der Waals surface area contributed by atoms with Gasteiger partial charge in [0.05, 0.1) is 6.54 Å². The molecule has 0 amide bonds. The molecule has 1 aliphatic rings. The third kappa shape index (κ3) is 4.63. The molecule has 0 atom stereocenters. The van der Waals surface area contributed by atoms with Crippen LogP contribution in [0.2, 0.25) is 0 Å². The summed E-state index contributed by atoms with van der Waals surface area (Å²) in [7, 11) is 1.98. The third-order valence-electron chi connectivity index (χ3n) is 5.12. The minimum atomic E-state index is -4.05. The van der Waals surface area contributed by atoms with Crippen molar-refractivity contribution in [3.8, 4) is 0 Å². The minimum Gasteiger partial charge on any atom is -0.328 e. The molecular formula is C17H25F3N6. The normalized spacial score (nSPS) is 17.1.